The summed E-state index contributed by atoms with van der Waals surface area (Å²) in [7, 11) is 0. The van der Waals surface area contributed by atoms with E-state index in [9.17, 15) is 0 Å². The smallest absolute Gasteiger partial charge is 0.0630 e. The fraction of sp³-hybridized carbons (Fsp3) is 0.0444. The number of thiophene rings is 1. The van der Waals surface area contributed by atoms with E-state index in [0.29, 0.717) is 0 Å². The molecule has 4 atom stereocenters. The van der Waals surface area contributed by atoms with Gasteiger partial charge in [-0.05, 0) is 171 Å². The Morgan fingerprint density at radius 2 is 0.792 bits per heavy atom. The number of benzene rings is 13. The molecule has 17 aromatic rings. The maximum absolute atomic E-state index is 2.60. The van der Waals surface area contributed by atoms with Crippen LogP contribution in [0.5, 0.6) is 0 Å². The minimum absolute atomic E-state index is 0.206. The van der Waals surface area contributed by atoms with Gasteiger partial charge in [-0.25, -0.2) is 0 Å². The number of thioether (sulfide) groups is 1. The van der Waals surface area contributed by atoms with E-state index in [1.807, 2.05) is 23.1 Å². The molecule has 0 fully saturated rings. The number of anilines is 2. The van der Waals surface area contributed by atoms with Gasteiger partial charge in [0.15, 0.2) is 0 Å². The second-order valence-electron chi connectivity index (χ2n) is 26.2. The van der Waals surface area contributed by atoms with Gasteiger partial charge >= 0.3 is 0 Å². The van der Waals surface area contributed by atoms with Gasteiger partial charge in [-0.15, -0.1) is 23.1 Å². The van der Waals surface area contributed by atoms with E-state index >= 15 is 0 Å². The highest BCUT2D eigenvalue weighted by Gasteiger charge is 2.39. The largest absolute Gasteiger partial charge is 0.332 e. The van der Waals surface area contributed by atoms with Crippen LogP contribution in [0.4, 0.5) is 11.4 Å². The number of hydrogen-bond donors (Lipinski definition) is 0. The summed E-state index contributed by atoms with van der Waals surface area (Å²) < 4.78 is 10.0. The van der Waals surface area contributed by atoms with Crippen molar-refractivity contribution in [1.29, 1.82) is 0 Å². The lowest BCUT2D eigenvalue weighted by atomic mass is 9.84. The van der Waals surface area contributed by atoms with Gasteiger partial charge in [-0.3, -0.25) is 0 Å². The summed E-state index contributed by atoms with van der Waals surface area (Å²) in [4.78, 5) is 3.95. The van der Waals surface area contributed by atoms with Gasteiger partial charge in [-0.1, -0.05) is 212 Å². The van der Waals surface area contributed by atoms with Gasteiger partial charge in [0.25, 0.3) is 0 Å². The van der Waals surface area contributed by atoms with E-state index in [1.165, 1.54) is 158 Å². The zero-order valence-electron chi connectivity index (χ0n) is 52.1. The van der Waals surface area contributed by atoms with Crippen molar-refractivity contribution in [3.05, 3.63) is 344 Å². The minimum Gasteiger partial charge on any atom is -0.332 e. The zero-order valence-corrected chi connectivity index (χ0v) is 53.7. The van der Waals surface area contributed by atoms with Crippen LogP contribution in [-0.2, 0) is 0 Å². The monoisotopic (exact) mass is 1260 g/mol. The van der Waals surface area contributed by atoms with Crippen LogP contribution >= 0.6 is 23.1 Å². The van der Waals surface area contributed by atoms with Crippen LogP contribution in [0.1, 0.15) is 28.5 Å². The molecule has 96 heavy (non-hydrogen) atoms. The molecule has 0 amide bonds. The van der Waals surface area contributed by atoms with Gasteiger partial charge < -0.3 is 18.6 Å². The second-order valence-corrected chi connectivity index (χ2v) is 28.4. The summed E-state index contributed by atoms with van der Waals surface area (Å²) in [5.74, 6) is 0.534. The normalized spacial score (nSPS) is 17.0. The molecule has 0 bridgehead atoms. The molecule has 450 valence electrons. The van der Waals surface area contributed by atoms with Crippen molar-refractivity contribution in [2.45, 2.75) is 28.0 Å². The van der Waals surface area contributed by atoms with Crippen LogP contribution in [0, 0.1) is 0 Å². The van der Waals surface area contributed by atoms with Crippen LogP contribution in [0.15, 0.2) is 333 Å². The Morgan fingerprint density at radius 1 is 0.292 bits per heavy atom. The molecule has 4 nitrogen and oxygen atoms in total. The topological polar surface area (TPSA) is 18.0 Å². The minimum atomic E-state index is 0.206. The first kappa shape index (κ1) is 54.0. The Labute approximate surface area is 563 Å². The quantitative estimate of drug-likeness (QED) is 0.151. The highest BCUT2D eigenvalue weighted by molar-refractivity contribution is 8.00. The van der Waals surface area contributed by atoms with Gasteiger partial charge in [0.2, 0.25) is 0 Å². The standard InChI is InChI=1S/C90H58N4S2/c1-7-33-78-66(24-1)67-25-2-8-34-79(67)93(78)64-43-47-84-77(54-64)70-28-4-10-36-81(70)92(84)62-22-14-19-56(49-62)55-18-13-21-61(48-55)65-30-16-31-73-72-44-40-60(53-88(72)96-89(65)73)57-20-15-23-63(50-57)91-80-35-9-3-26-68(80)75-51-58(41-45-83(75)91)59-42-46-85-76(52-59)69-27-5-11-37-82(69)94(85)86-38-17-32-74-71-29-6-12-39-87(71)95-90(74)86/h1-54,69,73,82,89H. The summed E-state index contributed by atoms with van der Waals surface area (Å²) in [6, 6.07) is 107. The van der Waals surface area contributed by atoms with Gasteiger partial charge in [-0.2, -0.15) is 0 Å². The summed E-state index contributed by atoms with van der Waals surface area (Å²) >= 11 is 3.92. The van der Waals surface area contributed by atoms with Crippen LogP contribution in [-0.4, -0.2) is 25.0 Å². The maximum atomic E-state index is 2.60. The Hall–Kier alpha value is -11.4. The zero-order chi connectivity index (χ0) is 62.7. The Kier molecular flexibility index (Phi) is 11.8. The van der Waals surface area contributed by atoms with E-state index in [0.717, 1.165) is 17.1 Å². The molecule has 0 saturated heterocycles. The van der Waals surface area contributed by atoms with Crippen molar-refractivity contribution in [2.75, 3.05) is 4.90 Å². The van der Waals surface area contributed by atoms with Gasteiger partial charge in [0, 0.05) is 92.5 Å². The van der Waals surface area contributed by atoms with Crippen molar-refractivity contribution >= 4 is 126 Å². The second kappa shape index (κ2) is 21.0. The first-order chi connectivity index (χ1) is 47.6. The molecule has 2 aliphatic carbocycles. The molecule has 0 N–H and O–H groups in total. The first-order valence-corrected chi connectivity index (χ1v) is 35.0. The lowest BCUT2D eigenvalue weighted by Crippen LogP contribution is -2.28. The van der Waals surface area contributed by atoms with E-state index in [2.05, 4.69) is 346 Å². The lowest BCUT2D eigenvalue weighted by molar-refractivity contribution is 0.746. The molecule has 21 rings (SSSR count). The van der Waals surface area contributed by atoms with E-state index in [4.69, 9.17) is 0 Å². The fourth-order valence-electron chi connectivity index (χ4n) is 16.8. The van der Waals surface area contributed by atoms with Gasteiger partial charge in [0.1, 0.15) is 0 Å². The van der Waals surface area contributed by atoms with Crippen molar-refractivity contribution in [2.24, 2.45) is 0 Å². The van der Waals surface area contributed by atoms with Crippen molar-refractivity contribution < 1.29 is 0 Å². The Morgan fingerprint density at radius 3 is 1.50 bits per heavy atom. The van der Waals surface area contributed by atoms with Crippen LogP contribution in [0.2, 0.25) is 0 Å². The third kappa shape index (κ3) is 8.10. The third-order valence-corrected chi connectivity index (χ3v) is 23.7. The Bertz CT molecular complexity index is 6260. The van der Waals surface area contributed by atoms with Crippen molar-refractivity contribution in [3.63, 3.8) is 0 Å². The van der Waals surface area contributed by atoms with E-state index in [-0.39, 0.29) is 23.1 Å². The van der Waals surface area contributed by atoms with Crippen LogP contribution < -0.4 is 4.90 Å². The average Bonchev–Trinajstić information content (AvgIpc) is 1.59. The number of fused-ring (bicyclic) bond motifs is 18. The lowest BCUT2D eigenvalue weighted by Gasteiger charge is -2.29. The molecule has 4 aliphatic rings. The molecule has 0 spiro atoms. The Balaban J connectivity index is 0.573. The first-order valence-electron chi connectivity index (χ1n) is 33.4. The van der Waals surface area contributed by atoms with Crippen molar-refractivity contribution in [1.82, 2.24) is 13.7 Å². The number of aromatic nitrogens is 3. The molecule has 0 saturated carbocycles. The predicted molar refractivity (Wildman–Crippen MR) is 408 cm³/mol. The summed E-state index contributed by atoms with van der Waals surface area (Å²) in [6.07, 6.45) is 16.3. The summed E-state index contributed by atoms with van der Waals surface area (Å²) in [5.41, 5.74) is 26.0. The highest BCUT2D eigenvalue weighted by Crippen LogP contribution is 2.55. The summed E-state index contributed by atoms with van der Waals surface area (Å²) in [6.45, 7) is 0. The highest BCUT2D eigenvalue weighted by atomic mass is 32.2. The number of nitrogens with zero attached hydrogens (tertiary/aromatic N) is 4. The predicted octanol–water partition coefficient (Wildman–Crippen LogP) is 24.3. The molecule has 4 aromatic heterocycles. The van der Waals surface area contributed by atoms with Crippen LogP contribution in [0.3, 0.4) is 0 Å². The molecular formula is C90H58N4S2. The number of para-hydroxylation sites is 4. The number of hydrogen-bond acceptors (Lipinski definition) is 3. The number of rotatable bonds is 8. The fourth-order valence-corrected chi connectivity index (χ4v) is 19.6. The molecule has 6 heteroatoms. The van der Waals surface area contributed by atoms with Crippen molar-refractivity contribution in [3.8, 4) is 50.4 Å². The third-order valence-electron chi connectivity index (χ3n) is 21.1. The maximum Gasteiger partial charge on any atom is 0.0630 e. The molecule has 2 aliphatic heterocycles. The average molecular weight is 1260 g/mol. The SMILES string of the molecule is C1=CC2c3ccc(-c4cccc(-n5c6ccccc6c6cc(-c7ccc8c(c7)C7C=CC=CC7N8c7cccc8c7sc7ccccc78)ccc65)c4)cc3SC2C(c2cccc(-c3cccc(-n4c5ccccc5c5cc(-n6c7ccccc7c7ccccc76)ccc54)c3)c2)=C1. The van der Waals surface area contributed by atoms with Gasteiger partial charge in [0.05, 0.1) is 49.5 Å². The summed E-state index contributed by atoms with van der Waals surface area (Å²) in [5, 5.41) is 10.4. The van der Waals surface area contributed by atoms with E-state index in [1.54, 1.807) is 0 Å². The van der Waals surface area contributed by atoms with E-state index < -0.39 is 0 Å². The molecule has 4 unspecified atom stereocenters. The molecule has 0 radical (unpaired) electrons. The molecular weight excluding hydrogens is 1200 g/mol. The van der Waals surface area contributed by atoms with Crippen LogP contribution in [0.25, 0.3) is 142 Å². The number of allylic oxidation sites excluding steroid dienone is 5. The molecule has 6 heterocycles. The molecule has 13 aromatic carbocycles.